The molecule has 2 rings (SSSR count). The standard InChI is InChI=1S/C17H23FN2/c1-12(2)14-9-8-13(3)10-17(14,11-19)20-16-7-5-4-6-15(16)18/h4-7,12-14,20H,8-10H2,1-3H3. The fourth-order valence-corrected chi connectivity index (χ4v) is 3.52. The Kier molecular flexibility index (Phi) is 4.32. The molecule has 0 amide bonds. The summed E-state index contributed by atoms with van der Waals surface area (Å²) in [5, 5.41) is 13.0. The lowest BCUT2D eigenvalue weighted by atomic mass is 9.65. The molecule has 0 bridgehead atoms. The molecule has 0 aliphatic heterocycles. The lowest BCUT2D eigenvalue weighted by Gasteiger charge is -2.44. The highest BCUT2D eigenvalue weighted by atomic mass is 19.1. The quantitative estimate of drug-likeness (QED) is 0.875. The van der Waals surface area contributed by atoms with Crippen LogP contribution in [-0.2, 0) is 0 Å². The summed E-state index contributed by atoms with van der Waals surface area (Å²) in [7, 11) is 0. The summed E-state index contributed by atoms with van der Waals surface area (Å²) >= 11 is 0. The minimum atomic E-state index is -0.659. The van der Waals surface area contributed by atoms with Gasteiger partial charge in [-0.25, -0.2) is 4.39 Å². The van der Waals surface area contributed by atoms with Gasteiger partial charge in [0.1, 0.15) is 11.4 Å². The average Bonchev–Trinajstić information content (AvgIpc) is 2.41. The van der Waals surface area contributed by atoms with Crippen molar-refractivity contribution in [3.8, 4) is 6.07 Å². The Morgan fingerprint density at radius 1 is 1.35 bits per heavy atom. The first-order valence-corrected chi connectivity index (χ1v) is 7.42. The van der Waals surface area contributed by atoms with Crippen LogP contribution in [0.1, 0.15) is 40.0 Å². The summed E-state index contributed by atoms with van der Waals surface area (Å²) in [5.74, 6) is 0.858. The van der Waals surface area contributed by atoms with E-state index in [1.807, 2.05) is 0 Å². The zero-order valence-electron chi connectivity index (χ0n) is 12.5. The highest BCUT2D eigenvalue weighted by molar-refractivity contribution is 5.49. The van der Waals surface area contributed by atoms with Crippen LogP contribution in [0.3, 0.4) is 0 Å². The molecule has 2 nitrogen and oxygen atoms in total. The van der Waals surface area contributed by atoms with E-state index in [1.54, 1.807) is 18.2 Å². The number of hydrogen-bond donors (Lipinski definition) is 1. The first kappa shape index (κ1) is 14.8. The van der Waals surface area contributed by atoms with Gasteiger partial charge in [-0.1, -0.05) is 39.3 Å². The molecule has 3 atom stereocenters. The number of halogens is 1. The van der Waals surface area contributed by atoms with E-state index < -0.39 is 5.54 Å². The average molecular weight is 274 g/mol. The van der Waals surface area contributed by atoms with Crippen LogP contribution in [0.15, 0.2) is 24.3 Å². The molecule has 1 aliphatic rings. The zero-order valence-corrected chi connectivity index (χ0v) is 12.5. The molecule has 1 fully saturated rings. The molecule has 108 valence electrons. The summed E-state index contributed by atoms with van der Waals surface area (Å²) in [4.78, 5) is 0. The smallest absolute Gasteiger partial charge is 0.146 e. The number of para-hydroxylation sites is 1. The fraction of sp³-hybridized carbons (Fsp3) is 0.588. The number of hydrogen-bond acceptors (Lipinski definition) is 2. The van der Waals surface area contributed by atoms with Crippen molar-refractivity contribution in [3.63, 3.8) is 0 Å². The zero-order chi connectivity index (χ0) is 14.8. The first-order valence-electron chi connectivity index (χ1n) is 7.42. The number of nitrogens with one attached hydrogen (secondary N) is 1. The molecule has 0 spiro atoms. The number of benzene rings is 1. The molecule has 0 aromatic heterocycles. The van der Waals surface area contributed by atoms with Crippen LogP contribution in [0.25, 0.3) is 0 Å². The molecule has 3 unspecified atom stereocenters. The normalized spacial score (nSPS) is 30.0. The second-order valence-electron chi connectivity index (χ2n) is 6.43. The second kappa shape index (κ2) is 5.83. The van der Waals surface area contributed by atoms with Gasteiger partial charge >= 0.3 is 0 Å². The number of rotatable bonds is 3. The minimum Gasteiger partial charge on any atom is -0.365 e. The molecule has 1 saturated carbocycles. The van der Waals surface area contributed by atoms with Crippen molar-refractivity contribution in [2.75, 3.05) is 5.32 Å². The Balaban J connectivity index is 2.35. The van der Waals surface area contributed by atoms with E-state index in [4.69, 9.17) is 0 Å². The van der Waals surface area contributed by atoms with E-state index >= 15 is 0 Å². The van der Waals surface area contributed by atoms with Crippen LogP contribution < -0.4 is 5.32 Å². The molecule has 3 heteroatoms. The van der Waals surface area contributed by atoms with E-state index in [0.29, 0.717) is 17.5 Å². The van der Waals surface area contributed by atoms with Crippen LogP contribution in [0.5, 0.6) is 0 Å². The number of nitrogens with zero attached hydrogens (tertiary/aromatic N) is 1. The Bertz CT molecular complexity index is 506. The van der Waals surface area contributed by atoms with Crippen molar-refractivity contribution in [1.82, 2.24) is 0 Å². The minimum absolute atomic E-state index is 0.253. The number of anilines is 1. The molecular weight excluding hydrogens is 251 g/mol. The molecule has 1 N–H and O–H groups in total. The molecule has 0 radical (unpaired) electrons. The number of nitriles is 1. The monoisotopic (exact) mass is 274 g/mol. The predicted octanol–water partition coefficient (Wildman–Crippen LogP) is 4.59. The van der Waals surface area contributed by atoms with E-state index in [-0.39, 0.29) is 11.7 Å². The van der Waals surface area contributed by atoms with Crippen LogP contribution in [0, 0.1) is 34.9 Å². The van der Waals surface area contributed by atoms with Crippen molar-refractivity contribution < 1.29 is 4.39 Å². The molecule has 0 saturated heterocycles. The van der Waals surface area contributed by atoms with Crippen molar-refractivity contribution >= 4 is 5.69 Å². The molecule has 1 aromatic rings. The van der Waals surface area contributed by atoms with Gasteiger partial charge in [-0.15, -0.1) is 0 Å². The van der Waals surface area contributed by atoms with E-state index in [9.17, 15) is 9.65 Å². The summed E-state index contributed by atoms with van der Waals surface area (Å²) in [6.07, 6.45) is 2.94. The Morgan fingerprint density at radius 3 is 2.65 bits per heavy atom. The van der Waals surface area contributed by atoms with Gasteiger partial charge in [0.25, 0.3) is 0 Å². The van der Waals surface area contributed by atoms with Gasteiger partial charge in [-0.3, -0.25) is 0 Å². The maximum Gasteiger partial charge on any atom is 0.146 e. The topological polar surface area (TPSA) is 35.8 Å². The van der Waals surface area contributed by atoms with Crippen LogP contribution >= 0.6 is 0 Å². The van der Waals surface area contributed by atoms with Gasteiger partial charge in [-0.05, 0) is 42.7 Å². The van der Waals surface area contributed by atoms with Gasteiger partial charge in [0.05, 0.1) is 11.8 Å². The van der Waals surface area contributed by atoms with Crippen molar-refractivity contribution in [1.29, 1.82) is 5.26 Å². The second-order valence-corrected chi connectivity index (χ2v) is 6.43. The SMILES string of the molecule is CC1CCC(C(C)C)C(C#N)(Nc2ccccc2F)C1. The molecular formula is C17H23FN2. The third kappa shape index (κ3) is 2.80. The van der Waals surface area contributed by atoms with E-state index in [0.717, 1.165) is 19.3 Å². The van der Waals surface area contributed by atoms with Gasteiger partial charge in [0.15, 0.2) is 0 Å². The van der Waals surface area contributed by atoms with Crippen molar-refractivity contribution in [3.05, 3.63) is 30.1 Å². The Hall–Kier alpha value is -1.56. The molecule has 1 aromatic carbocycles. The predicted molar refractivity (Wildman–Crippen MR) is 79.7 cm³/mol. The highest BCUT2D eigenvalue weighted by Crippen LogP contribution is 2.43. The fourth-order valence-electron chi connectivity index (χ4n) is 3.52. The summed E-state index contributed by atoms with van der Waals surface area (Å²) in [5.41, 5.74) is -0.220. The Labute approximate surface area is 121 Å². The summed E-state index contributed by atoms with van der Waals surface area (Å²) in [6, 6.07) is 9.09. The summed E-state index contributed by atoms with van der Waals surface area (Å²) in [6.45, 7) is 6.47. The third-order valence-electron chi connectivity index (χ3n) is 4.51. The lowest BCUT2D eigenvalue weighted by molar-refractivity contribution is 0.167. The highest BCUT2D eigenvalue weighted by Gasteiger charge is 2.45. The van der Waals surface area contributed by atoms with Crippen LogP contribution in [-0.4, -0.2) is 5.54 Å². The maximum absolute atomic E-state index is 13.9. The van der Waals surface area contributed by atoms with Gasteiger partial charge in [0, 0.05) is 0 Å². The summed E-state index contributed by atoms with van der Waals surface area (Å²) < 4.78 is 13.9. The molecule has 20 heavy (non-hydrogen) atoms. The van der Waals surface area contributed by atoms with Crippen molar-refractivity contribution in [2.45, 2.75) is 45.6 Å². The van der Waals surface area contributed by atoms with Gasteiger partial charge < -0.3 is 5.32 Å². The van der Waals surface area contributed by atoms with Gasteiger partial charge in [0.2, 0.25) is 0 Å². The molecule has 1 aliphatic carbocycles. The lowest BCUT2D eigenvalue weighted by Crippen LogP contribution is -2.50. The Morgan fingerprint density at radius 2 is 2.05 bits per heavy atom. The maximum atomic E-state index is 13.9. The first-order chi connectivity index (χ1) is 9.48. The third-order valence-corrected chi connectivity index (χ3v) is 4.51. The largest absolute Gasteiger partial charge is 0.365 e. The molecule has 0 heterocycles. The van der Waals surface area contributed by atoms with Crippen molar-refractivity contribution in [2.24, 2.45) is 17.8 Å². The van der Waals surface area contributed by atoms with E-state index in [2.05, 4.69) is 32.2 Å². The van der Waals surface area contributed by atoms with Gasteiger partial charge in [-0.2, -0.15) is 5.26 Å². The van der Waals surface area contributed by atoms with Crippen LogP contribution in [0.4, 0.5) is 10.1 Å². The van der Waals surface area contributed by atoms with E-state index in [1.165, 1.54) is 6.07 Å². The van der Waals surface area contributed by atoms with Crippen LogP contribution in [0.2, 0.25) is 0 Å².